The number of halogens is 1. The number of carbonyl (C=O) groups is 1. The summed E-state index contributed by atoms with van der Waals surface area (Å²) in [5, 5.41) is 8.53. The molecule has 5 N–H and O–H groups in total. The molecular formula is C5H13ClN2O2. The maximum Gasteiger partial charge on any atom is 0.239 e. The molecule has 0 aliphatic carbocycles. The van der Waals surface area contributed by atoms with Gasteiger partial charge in [-0.05, 0) is 6.42 Å². The van der Waals surface area contributed by atoms with Gasteiger partial charge in [-0.25, -0.2) is 0 Å². The third-order valence-electron chi connectivity index (χ3n) is 1.40. The first-order valence-corrected chi connectivity index (χ1v) is 2.76. The second-order valence-electron chi connectivity index (χ2n) is 2.03. The van der Waals surface area contributed by atoms with E-state index in [4.69, 9.17) is 16.6 Å². The predicted octanol–water partition coefficient (Wildman–Crippen LogP) is -1.01. The zero-order valence-electron chi connectivity index (χ0n) is 5.83. The lowest BCUT2D eigenvalue weighted by atomic mass is 9.98. The molecule has 62 valence electrons. The largest absolute Gasteiger partial charge is 0.394 e. The molecule has 0 fully saturated rings. The van der Waals surface area contributed by atoms with Gasteiger partial charge in [0.25, 0.3) is 0 Å². The fourth-order valence-corrected chi connectivity index (χ4v) is 0.364. The van der Waals surface area contributed by atoms with E-state index in [-0.39, 0.29) is 12.4 Å². The smallest absolute Gasteiger partial charge is 0.239 e. The van der Waals surface area contributed by atoms with Crippen molar-refractivity contribution in [3.05, 3.63) is 0 Å². The van der Waals surface area contributed by atoms with E-state index < -0.39 is 18.1 Å². The third kappa shape index (κ3) is 2.51. The van der Waals surface area contributed by atoms with E-state index in [1.54, 1.807) is 6.92 Å². The van der Waals surface area contributed by atoms with Gasteiger partial charge in [-0.15, -0.1) is 12.4 Å². The molecule has 10 heavy (non-hydrogen) atoms. The molecule has 0 rings (SSSR count). The molecule has 0 aliphatic rings. The Morgan fingerprint density at radius 2 is 2.10 bits per heavy atom. The van der Waals surface area contributed by atoms with Gasteiger partial charge >= 0.3 is 0 Å². The predicted molar refractivity (Wildman–Crippen MR) is 40.7 cm³/mol. The first-order chi connectivity index (χ1) is 4.06. The third-order valence-corrected chi connectivity index (χ3v) is 1.40. The summed E-state index contributed by atoms with van der Waals surface area (Å²) >= 11 is 0. The monoisotopic (exact) mass is 168 g/mol. The lowest BCUT2D eigenvalue weighted by Gasteiger charge is -2.20. The van der Waals surface area contributed by atoms with E-state index in [1.807, 2.05) is 0 Å². The van der Waals surface area contributed by atoms with Crippen LogP contribution in [0, 0.1) is 0 Å². The molecule has 1 atom stereocenters. The maximum absolute atomic E-state index is 10.4. The van der Waals surface area contributed by atoms with Crippen LogP contribution in [0.1, 0.15) is 13.3 Å². The number of primary amides is 1. The zero-order valence-corrected chi connectivity index (χ0v) is 6.65. The van der Waals surface area contributed by atoms with Gasteiger partial charge in [0, 0.05) is 0 Å². The van der Waals surface area contributed by atoms with Crippen molar-refractivity contribution in [3.8, 4) is 0 Å². The number of hydrogen-bond donors (Lipinski definition) is 3. The number of amides is 1. The van der Waals surface area contributed by atoms with E-state index in [0.717, 1.165) is 0 Å². The van der Waals surface area contributed by atoms with Crippen LogP contribution in [0.4, 0.5) is 0 Å². The Hall–Kier alpha value is -0.320. The summed E-state index contributed by atoms with van der Waals surface area (Å²) in [5.74, 6) is -0.660. The minimum atomic E-state index is -1.22. The highest BCUT2D eigenvalue weighted by Crippen LogP contribution is 2.02. The van der Waals surface area contributed by atoms with Crippen LogP contribution in [-0.4, -0.2) is 23.2 Å². The highest BCUT2D eigenvalue weighted by atomic mass is 35.5. The standard InChI is InChI=1S/C5H12N2O2.ClH/c1-2-5(7,3-8)4(6)9;/h8H,2-3,7H2,1H3,(H2,6,9);1H. The van der Waals surface area contributed by atoms with E-state index >= 15 is 0 Å². The summed E-state index contributed by atoms with van der Waals surface area (Å²) in [7, 11) is 0. The minimum Gasteiger partial charge on any atom is -0.394 e. The van der Waals surface area contributed by atoms with Gasteiger partial charge in [-0.3, -0.25) is 4.79 Å². The van der Waals surface area contributed by atoms with Crippen molar-refractivity contribution < 1.29 is 9.90 Å². The van der Waals surface area contributed by atoms with Gasteiger partial charge in [-0.1, -0.05) is 6.92 Å². The lowest BCUT2D eigenvalue weighted by molar-refractivity contribution is -0.124. The molecule has 1 unspecified atom stereocenters. The van der Waals surface area contributed by atoms with Gasteiger partial charge < -0.3 is 16.6 Å². The Balaban J connectivity index is 0. The van der Waals surface area contributed by atoms with E-state index in [0.29, 0.717) is 6.42 Å². The molecule has 0 aromatic heterocycles. The van der Waals surface area contributed by atoms with Crippen LogP contribution in [0.3, 0.4) is 0 Å². The number of aliphatic hydroxyl groups excluding tert-OH is 1. The Morgan fingerprint density at radius 1 is 1.70 bits per heavy atom. The van der Waals surface area contributed by atoms with E-state index in [2.05, 4.69) is 0 Å². The second kappa shape index (κ2) is 4.49. The molecule has 0 bridgehead atoms. The van der Waals surface area contributed by atoms with Crippen molar-refractivity contribution in [2.75, 3.05) is 6.61 Å². The summed E-state index contributed by atoms with van der Waals surface area (Å²) in [6.45, 7) is 1.31. The fraction of sp³-hybridized carbons (Fsp3) is 0.800. The van der Waals surface area contributed by atoms with Crippen molar-refractivity contribution in [1.82, 2.24) is 0 Å². The van der Waals surface area contributed by atoms with Crippen LogP contribution in [0.15, 0.2) is 0 Å². The van der Waals surface area contributed by atoms with Crippen molar-refractivity contribution in [2.45, 2.75) is 18.9 Å². The Labute approximate surface area is 66.0 Å². The van der Waals surface area contributed by atoms with Gasteiger partial charge in [-0.2, -0.15) is 0 Å². The van der Waals surface area contributed by atoms with Gasteiger partial charge in [0.15, 0.2) is 0 Å². The molecule has 0 radical (unpaired) electrons. The van der Waals surface area contributed by atoms with Crippen molar-refractivity contribution >= 4 is 18.3 Å². The second-order valence-corrected chi connectivity index (χ2v) is 2.03. The summed E-state index contributed by atoms with van der Waals surface area (Å²) < 4.78 is 0. The summed E-state index contributed by atoms with van der Waals surface area (Å²) in [6, 6.07) is 0. The number of nitrogens with two attached hydrogens (primary N) is 2. The van der Waals surface area contributed by atoms with Gasteiger partial charge in [0.05, 0.1) is 6.61 Å². The molecule has 4 nitrogen and oxygen atoms in total. The maximum atomic E-state index is 10.4. The number of carbonyl (C=O) groups excluding carboxylic acids is 1. The normalized spacial score (nSPS) is 15.1. The molecule has 1 amide bonds. The fourth-order valence-electron chi connectivity index (χ4n) is 0.364. The molecule has 0 heterocycles. The van der Waals surface area contributed by atoms with Crippen molar-refractivity contribution in [2.24, 2.45) is 11.5 Å². The molecule has 0 aromatic carbocycles. The van der Waals surface area contributed by atoms with E-state index in [9.17, 15) is 4.79 Å². The average molecular weight is 169 g/mol. The highest BCUT2D eigenvalue weighted by molar-refractivity contribution is 5.85. The SMILES string of the molecule is CCC(N)(CO)C(N)=O.Cl. The van der Waals surface area contributed by atoms with Crippen LogP contribution >= 0.6 is 12.4 Å². The highest BCUT2D eigenvalue weighted by Gasteiger charge is 2.28. The number of hydrogen-bond acceptors (Lipinski definition) is 3. The van der Waals surface area contributed by atoms with Crippen molar-refractivity contribution in [1.29, 1.82) is 0 Å². The van der Waals surface area contributed by atoms with Gasteiger partial charge in [0.2, 0.25) is 5.91 Å². The summed E-state index contributed by atoms with van der Waals surface area (Å²) in [6.07, 6.45) is 0.360. The molecule has 5 heteroatoms. The Bertz CT molecular complexity index is 114. The summed E-state index contributed by atoms with van der Waals surface area (Å²) in [5.41, 5.74) is 8.96. The average Bonchev–Trinajstić information content (AvgIpc) is 1.86. The molecular weight excluding hydrogens is 156 g/mol. The quantitative estimate of drug-likeness (QED) is 0.505. The molecule has 0 aromatic rings. The van der Waals surface area contributed by atoms with Crippen LogP contribution in [0.5, 0.6) is 0 Å². The van der Waals surface area contributed by atoms with Crippen LogP contribution in [-0.2, 0) is 4.79 Å². The number of rotatable bonds is 3. The zero-order chi connectivity index (χ0) is 7.49. The topological polar surface area (TPSA) is 89.3 Å². The molecule has 0 saturated carbocycles. The summed E-state index contributed by atoms with van der Waals surface area (Å²) in [4.78, 5) is 10.4. The molecule has 0 spiro atoms. The number of aliphatic hydroxyl groups is 1. The van der Waals surface area contributed by atoms with Gasteiger partial charge in [0.1, 0.15) is 5.54 Å². The lowest BCUT2D eigenvalue weighted by Crippen LogP contribution is -2.54. The minimum absolute atomic E-state index is 0. The van der Waals surface area contributed by atoms with Crippen molar-refractivity contribution in [3.63, 3.8) is 0 Å². The first-order valence-electron chi connectivity index (χ1n) is 2.76. The Morgan fingerprint density at radius 3 is 2.10 bits per heavy atom. The van der Waals surface area contributed by atoms with Crippen LogP contribution in [0.2, 0.25) is 0 Å². The molecule has 0 aliphatic heterocycles. The van der Waals surface area contributed by atoms with Crippen LogP contribution < -0.4 is 11.5 Å². The Kier molecular flexibility index (Phi) is 5.55. The van der Waals surface area contributed by atoms with E-state index in [1.165, 1.54) is 0 Å². The first kappa shape index (κ1) is 12.4. The molecule has 0 saturated heterocycles. The van der Waals surface area contributed by atoms with Crippen LogP contribution in [0.25, 0.3) is 0 Å².